The molecule has 2 rings (SSSR count). The van der Waals surface area contributed by atoms with Crippen molar-refractivity contribution in [2.24, 2.45) is 0 Å². The molecule has 0 unspecified atom stereocenters. The van der Waals surface area contributed by atoms with Crippen molar-refractivity contribution in [2.75, 3.05) is 0 Å². The van der Waals surface area contributed by atoms with Crippen molar-refractivity contribution < 1.29 is 13.7 Å². The highest BCUT2D eigenvalue weighted by Crippen LogP contribution is 2.22. The van der Waals surface area contributed by atoms with Gasteiger partial charge in [-0.15, -0.1) is 0 Å². The quantitative estimate of drug-likeness (QED) is 0.714. The molecule has 2 aromatic heterocycles. The predicted molar refractivity (Wildman–Crippen MR) is 47.0 cm³/mol. The first-order chi connectivity index (χ1) is 6.66. The van der Waals surface area contributed by atoms with Crippen molar-refractivity contribution >= 4 is 17.4 Å². The van der Waals surface area contributed by atoms with Gasteiger partial charge in [0.15, 0.2) is 11.0 Å². The maximum atomic E-state index is 10.9. The smallest absolute Gasteiger partial charge is 0.294 e. The molecule has 0 saturated carbocycles. The minimum atomic E-state index is -0.266. The molecule has 0 aromatic carbocycles. The highest BCUT2D eigenvalue weighted by molar-refractivity contribution is 6.28. The number of Topliss-reactive ketones (excluding diaryl/α,β-unsaturated/α-hetero) is 1. The summed E-state index contributed by atoms with van der Waals surface area (Å²) in [6, 6.07) is 3.13. The standard InChI is InChI=1S/C8H5ClN2O3/c1-4(12)7-10-8(14-11-7)5-2-3-6(9)13-5/h2-3H,1H3. The summed E-state index contributed by atoms with van der Waals surface area (Å²) >= 11 is 5.56. The van der Waals surface area contributed by atoms with E-state index >= 15 is 0 Å². The summed E-state index contributed by atoms with van der Waals surface area (Å²) in [5.74, 6) is 0.238. The summed E-state index contributed by atoms with van der Waals surface area (Å²) in [4.78, 5) is 14.7. The van der Waals surface area contributed by atoms with Crippen molar-refractivity contribution in [1.82, 2.24) is 10.1 Å². The van der Waals surface area contributed by atoms with Crippen LogP contribution in [0.4, 0.5) is 0 Å². The monoisotopic (exact) mass is 212 g/mol. The van der Waals surface area contributed by atoms with Gasteiger partial charge in [-0.1, -0.05) is 5.16 Å². The number of furan rings is 1. The molecule has 0 aliphatic rings. The van der Waals surface area contributed by atoms with E-state index in [0.717, 1.165) is 0 Å². The van der Waals surface area contributed by atoms with Crippen molar-refractivity contribution in [3.05, 3.63) is 23.2 Å². The third-order valence-electron chi connectivity index (χ3n) is 1.52. The van der Waals surface area contributed by atoms with Gasteiger partial charge >= 0.3 is 0 Å². The van der Waals surface area contributed by atoms with Crippen molar-refractivity contribution in [2.45, 2.75) is 6.92 Å². The van der Waals surface area contributed by atoms with E-state index in [9.17, 15) is 4.79 Å². The van der Waals surface area contributed by atoms with Gasteiger partial charge in [0.1, 0.15) is 0 Å². The number of carbonyl (C=O) groups is 1. The molecule has 0 spiro atoms. The number of hydrogen-bond acceptors (Lipinski definition) is 5. The minimum absolute atomic E-state index is 0.0209. The number of nitrogens with zero attached hydrogens (tertiary/aromatic N) is 2. The molecule has 0 N–H and O–H groups in total. The lowest BCUT2D eigenvalue weighted by molar-refractivity contribution is 0.100. The number of halogens is 1. The van der Waals surface area contributed by atoms with Crippen LogP contribution in [0, 0.1) is 0 Å². The summed E-state index contributed by atoms with van der Waals surface area (Å²) in [7, 11) is 0. The van der Waals surface area contributed by atoms with Gasteiger partial charge in [-0.2, -0.15) is 4.98 Å². The fourth-order valence-electron chi connectivity index (χ4n) is 0.896. The van der Waals surface area contributed by atoms with Gasteiger partial charge in [0.2, 0.25) is 11.6 Å². The zero-order valence-electron chi connectivity index (χ0n) is 7.15. The first kappa shape index (κ1) is 8.96. The molecule has 0 aliphatic carbocycles. The van der Waals surface area contributed by atoms with Crippen LogP contribution in [-0.2, 0) is 0 Å². The summed E-state index contributed by atoms with van der Waals surface area (Å²) < 4.78 is 9.81. The molecular formula is C8H5ClN2O3. The van der Waals surface area contributed by atoms with E-state index in [2.05, 4.69) is 10.1 Å². The van der Waals surface area contributed by atoms with Crippen molar-refractivity contribution in [1.29, 1.82) is 0 Å². The minimum Gasteiger partial charge on any atom is -0.440 e. The lowest BCUT2D eigenvalue weighted by Gasteiger charge is -1.83. The van der Waals surface area contributed by atoms with Gasteiger partial charge in [-0.25, -0.2) is 0 Å². The Labute approximate surface area is 83.7 Å². The van der Waals surface area contributed by atoms with Crippen LogP contribution in [0.5, 0.6) is 0 Å². The number of aromatic nitrogens is 2. The van der Waals surface area contributed by atoms with Crippen LogP contribution < -0.4 is 0 Å². The third-order valence-corrected chi connectivity index (χ3v) is 1.73. The Bertz CT molecular complexity index is 474. The molecule has 2 aromatic rings. The average Bonchev–Trinajstić information content (AvgIpc) is 2.70. The molecule has 0 fully saturated rings. The first-order valence-corrected chi connectivity index (χ1v) is 4.15. The molecule has 0 saturated heterocycles. The lowest BCUT2D eigenvalue weighted by Crippen LogP contribution is -1.93. The van der Waals surface area contributed by atoms with Crippen LogP contribution >= 0.6 is 11.6 Å². The van der Waals surface area contributed by atoms with Crippen LogP contribution in [0.2, 0.25) is 5.22 Å². The molecular weight excluding hydrogens is 208 g/mol. The zero-order valence-corrected chi connectivity index (χ0v) is 7.91. The summed E-state index contributed by atoms with van der Waals surface area (Å²) in [6.45, 7) is 1.35. The molecule has 72 valence electrons. The molecule has 5 nitrogen and oxygen atoms in total. The fraction of sp³-hybridized carbons (Fsp3) is 0.125. The SMILES string of the molecule is CC(=O)c1noc(-c2ccc(Cl)o2)n1. The molecule has 0 radical (unpaired) electrons. The van der Waals surface area contributed by atoms with Crippen LogP contribution in [0.1, 0.15) is 17.5 Å². The Hall–Kier alpha value is -1.62. The number of rotatable bonds is 2. The molecule has 0 atom stereocenters. The second-order valence-electron chi connectivity index (χ2n) is 2.58. The van der Waals surface area contributed by atoms with E-state index in [-0.39, 0.29) is 22.7 Å². The Kier molecular flexibility index (Phi) is 2.09. The fourth-order valence-corrected chi connectivity index (χ4v) is 1.04. The van der Waals surface area contributed by atoms with Crippen LogP contribution in [-0.4, -0.2) is 15.9 Å². The summed E-state index contributed by atoms with van der Waals surface area (Å²) in [5.41, 5.74) is 0. The van der Waals surface area contributed by atoms with Gasteiger partial charge in [0.05, 0.1) is 0 Å². The number of hydrogen-bond donors (Lipinski definition) is 0. The number of ketones is 1. The van der Waals surface area contributed by atoms with E-state index in [4.69, 9.17) is 20.5 Å². The second-order valence-corrected chi connectivity index (χ2v) is 2.96. The van der Waals surface area contributed by atoms with Crippen LogP contribution in [0.15, 0.2) is 21.1 Å². The molecule has 0 aliphatic heterocycles. The highest BCUT2D eigenvalue weighted by atomic mass is 35.5. The molecule has 2 heterocycles. The molecule has 0 bridgehead atoms. The van der Waals surface area contributed by atoms with E-state index < -0.39 is 0 Å². The first-order valence-electron chi connectivity index (χ1n) is 3.77. The Morgan fingerprint density at radius 1 is 1.50 bits per heavy atom. The van der Waals surface area contributed by atoms with Gasteiger partial charge < -0.3 is 8.94 Å². The predicted octanol–water partition coefficient (Wildman–Crippen LogP) is 2.19. The van der Waals surface area contributed by atoms with E-state index in [1.54, 1.807) is 12.1 Å². The third kappa shape index (κ3) is 1.54. The van der Waals surface area contributed by atoms with E-state index in [0.29, 0.717) is 5.76 Å². The van der Waals surface area contributed by atoms with E-state index in [1.807, 2.05) is 0 Å². The Morgan fingerprint density at radius 2 is 2.29 bits per heavy atom. The average molecular weight is 213 g/mol. The lowest BCUT2D eigenvalue weighted by atomic mass is 10.4. The van der Waals surface area contributed by atoms with Crippen molar-refractivity contribution in [3.8, 4) is 11.7 Å². The van der Waals surface area contributed by atoms with Gasteiger partial charge in [0.25, 0.3) is 5.89 Å². The van der Waals surface area contributed by atoms with Gasteiger partial charge in [-0.05, 0) is 23.7 Å². The maximum Gasteiger partial charge on any atom is 0.294 e. The highest BCUT2D eigenvalue weighted by Gasteiger charge is 2.14. The Balaban J connectivity index is 2.38. The second kappa shape index (κ2) is 3.26. The molecule has 6 heteroatoms. The maximum absolute atomic E-state index is 10.9. The number of carbonyl (C=O) groups excluding carboxylic acids is 1. The van der Waals surface area contributed by atoms with E-state index in [1.165, 1.54) is 6.92 Å². The zero-order chi connectivity index (χ0) is 10.1. The van der Waals surface area contributed by atoms with Gasteiger partial charge in [0, 0.05) is 6.92 Å². The largest absolute Gasteiger partial charge is 0.440 e. The molecule has 0 amide bonds. The van der Waals surface area contributed by atoms with Gasteiger partial charge in [-0.3, -0.25) is 4.79 Å². The van der Waals surface area contributed by atoms with Crippen LogP contribution in [0.25, 0.3) is 11.7 Å². The summed E-state index contributed by atoms with van der Waals surface area (Å²) in [5, 5.41) is 3.69. The summed E-state index contributed by atoms with van der Waals surface area (Å²) in [6.07, 6.45) is 0. The normalized spacial score (nSPS) is 10.4. The topological polar surface area (TPSA) is 69.1 Å². The van der Waals surface area contributed by atoms with Crippen LogP contribution in [0.3, 0.4) is 0 Å². The van der Waals surface area contributed by atoms with Crippen molar-refractivity contribution in [3.63, 3.8) is 0 Å². The Morgan fingerprint density at radius 3 is 2.79 bits per heavy atom. The molecule has 14 heavy (non-hydrogen) atoms.